The van der Waals surface area contributed by atoms with Crippen LogP contribution in [-0.4, -0.2) is 7.98 Å². The highest BCUT2D eigenvalue weighted by Gasteiger charge is 1.84. The van der Waals surface area contributed by atoms with Crippen LogP contribution < -0.4 is 5.23 Å². The molecule has 1 aromatic rings. The van der Waals surface area contributed by atoms with E-state index in [9.17, 15) is 0 Å². The van der Waals surface area contributed by atoms with Gasteiger partial charge in [0.05, 0.1) is 0 Å². The van der Waals surface area contributed by atoms with Gasteiger partial charge in [0.25, 0.3) is 0 Å². The van der Waals surface area contributed by atoms with Crippen molar-refractivity contribution in [1.82, 2.24) is 0 Å². The van der Waals surface area contributed by atoms with Gasteiger partial charge < -0.3 is 5.23 Å². The van der Waals surface area contributed by atoms with Crippen LogP contribution in [0.5, 0.6) is 0 Å². The van der Waals surface area contributed by atoms with Crippen molar-refractivity contribution in [1.29, 1.82) is 0 Å². The minimum Gasteiger partial charge on any atom is -0.437 e. The normalized spacial score (nSPS) is 9.00. The zero-order chi connectivity index (χ0) is 6.69. The second-order valence-corrected chi connectivity index (χ2v) is 2.01. The molecule has 1 N–H and O–H groups in total. The Morgan fingerprint density at radius 1 is 1.44 bits per heavy atom. The van der Waals surface area contributed by atoms with Crippen LogP contribution in [0.15, 0.2) is 24.3 Å². The average Bonchev–Trinajstić information content (AvgIpc) is 1.88. The molecule has 0 aliphatic heterocycles. The van der Waals surface area contributed by atoms with E-state index >= 15 is 0 Å². The number of benzene rings is 1. The zero-order valence-electron chi connectivity index (χ0n) is 5.39. The van der Waals surface area contributed by atoms with Gasteiger partial charge in [0.1, 0.15) is 0 Å². The Morgan fingerprint density at radius 3 is 2.67 bits per heavy atom. The number of aryl methyl sites for hydroxylation is 1. The summed E-state index contributed by atoms with van der Waals surface area (Å²) in [6.45, 7) is 2.03. The molecule has 0 unspecified atom stereocenters. The van der Waals surface area contributed by atoms with Gasteiger partial charge in [-0.1, -0.05) is 12.1 Å². The topological polar surface area (TPSA) is 12.0 Å². The summed E-state index contributed by atoms with van der Waals surface area (Å²) in [6, 6.07) is 7.90. The molecule has 2 radical (unpaired) electrons. The number of hydrogen-bond acceptors (Lipinski definition) is 1. The van der Waals surface area contributed by atoms with Crippen molar-refractivity contribution in [2.24, 2.45) is 0 Å². The first-order valence-corrected chi connectivity index (χ1v) is 2.86. The first-order chi connectivity index (χ1) is 4.33. The Kier molecular flexibility index (Phi) is 1.78. The molecule has 0 aromatic heterocycles. The molecule has 1 rings (SSSR count). The van der Waals surface area contributed by atoms with Crippen LogP contribution in [-0.2, 0) is 0 Å². The third-order valence-electron chi connectivity index (χ3n) is 1.18. The summed E-state index contributed by atoms with van der Waals surface area (Å²) in [5, 5.41) is 2.57. The van der Waals surface area contributed by atoms with E-state index in [1.807, 2.05) is 31.2 Å². The van der Waals surface area contributed by atoms with Gasteiger partial charge in [-0.2, -0.15) is 0 Å². The summed E-state index contributed by atoms with van der Waals surface area (Å²) < 4.78 is 0. The maximum absolute atomic E-state index is 5.17. The maximum Gasteiger partial charge on any atom is 0.222 e. The van der Waals surface area contributed by atoms with Gasteiger partial charge in [-0.25, -0.2) is 0 Å². The van der Waals surface area contributed by atoms with E-state index in [4.69, 9.17) is 7.98 Å². The molecule has 0 aliphatic rings. The Bertz CT molecular complexity index is 198. The predicted molar refractivity (Wildman–Crippen MR) is 40.6 cm³/mol. The van der Waals surface area contributed by atoms with E-state index in [1.54, 1.807) is 0 Å². The van der Waals surface area contributed by atoms with E-state index in [0.717, 1.165) is 5.69 Å². The molecule has 1 aromatic carbocycles. The lowest BCUT2D eigenvalue weighted by Gasteiger charge is -1.98. The molecule has 0 atom stereocenters. The lowest BCUT2D eigenvalue weighted by molar-refractivity contribution is 1.47. The molecule has 0 aliphatic carbocycles. The van der Waals surface area contributed by atoms with Gasteiger partial charge in [0, 0.05) is 5.69 Å². The van der Waals surface area contributed by atoms with Gasteiger partial charge in [0.15, 0.2) is 0 Å². The van der Waals surface area contributed by atoms with E-state index in [-0.39, 0.29) is 0 Å². The standard InChI is InChI=1S/C7H8BN/c1-6-3-2-4-7(5-6)9-8/h2-5,9H,1H3. The Morgan fingerprint density at radius 2 is 2.22 bits per heavy atom. The molecule has 0 saturated carbocycles. The molecule has 0 bridgehead atoms. The molecule has 44 valence electrons. The lowest BCUT2D eigenvalue weighted by atomic mass is 10.2. The third kappa shape index (κ3) is 1.49. The van der Waals surface area contributed by atoms with Gasteiger partial charge in [0.2, 0.25) is 7.98 Å². The van der Waals surface area contributed by atoms with Crippen molar-refractivity contribution in [3.8, 4) is 0 Å². The largest absolute Gasteiger partial charge is 0.437 e. The molecule has 0 fully saturated rings. The summed E-state index contributed by atoms with van der Waals surface area (Å²) in [4.78, 5) is 0. The lowest BCUT2D eigenvalue weighted by Crippen LogP contribution is -1.89. The van der Waals surface area contributed by atoms with Crippen molar-refractivity contribution >= 4 is 13.7 Å². The Balaban J connectivity index is 2.94. The molecule has 0 spiro atoms. The van der Waals surface area contributed by atoms with Crippen molar-refractivity contribution in [2.45, 2.75) is 6.92 Å². The Labute approximate surface area is 56.5 Å². The van der Waals surface area contributed by atoms with E-state index in [2.05, 4.69) is 5.23 Å². The fourth-order valence-corrected chi connectivity index (χ4v) is 0.735. The molecule has 0 heterocycles. The molecule has 2 heteroatoms. The van der Waals surface area contributed by atoms with E-state index < -0.39 is 0 Å². The second-order valence-electron chi connectivity index (χ2n) is 2.01. The SMILES string of the molecule is [B]Nc1cccc(C)c1. The molecular formula is C7H8BN. The summed E-state index contributed by atoms with van der Waals surface area (Å²) in [6.07, 6.45) is 0. The average molecular weight is 117 g/mol. The van der Waals surface area contributed by atoms with Crippen LogP contribution >= 0.6 is 0 Å². The van der Waals surface area contributed by atoms with Crippen LogP contribution in [0.3, 0.4) is 0 Å². The Hall–Kier alpha value is -0.915. The zero-order valence-corrected chi connectivity index (χ0v) is 5.39. The predicted octanol–water partition coefficient (Wildman–Crippen LogP) is 1.49. The number of nitrogens with one attached hydrogen (secondary N) is 1. The van der Waals surface area contributed by atoms with Gasteiger partial charge in [-0.05, 0) is 24.6 Å². The molecule has 0 amide bonds. The molecular weight excluding hydrogens is 109 g/mol. The van der Waals surface area contributed by atoms with Gasteiger partial charge in [-0.15, -0.1) is 0 Å². The third-order valence-corrected chi connectivity index (χ3v) is 1.18. The van der Waals surface area contributed by atoms with Crippen LogP contribution in [0.25, 0.3) is 0 Å². The van der Waals surface area contributed by atoms with Crippen LogP contribution in [0.2, 0.25) is 0 Å². The molecule has 0 saturated heterocycles. The monoisotopic (exact) mass is 117 g/mol. The van der Waals surface area contributed by atoms with Gasteiger partial charge >= 0.3 is 0 Å². The quantitative estimate of drug-likeness (QED) is 0.549. The summed E-state index contributed by atoms with van der Waals surface area (Å²) >= 11 is 0. The highest BCUT2D eigenvalue weighted by atomic mass is 14.7. The van der Waals surface area contributed by atoms with Crippen molar-refractivity contribution in [3.63, 3.8) is 0 Å². The first kappa shape index (κ1) is 6.21. The summed E-state index contributed by atoms with van der Waals surface area (Å²) in [5.41, 5.74) is 2.17. The van der Waals surface area contributed by atoms with Gasteiger partial charge in [-0.3, -0.25) is 0 Å². The van der Waals surface area contributed by atoms with Crippen LogP contribution in [0.1, 0.15) is 5.56 Å². The fraction of sp³-hybridized carbons (Fsp3) is 0.143. The fourth-order valence-electron chi connectivity index (χ4n) is 0.735. The molecule has 9 heavy (non-hydrogen) atoms. The number of anilines is 1. The van der Waals surface area contributed by atoms with Crippen LogP contribution in [0.4, 0.5) is 5.69 Å². The second kappa shape index (κ2) is 2.58. The maximum atomic E-state index is 5.17. The van der Waals surface area contributed by atoms with Crippen molar-refractivity contribution in [2.75, 3.05) is 5.23 Å². The van der Waals surface area contributed by atoms with Crippen LogP contribution in [0, 0.1) is 6.92 Å². The smallest absolute Gasteiger partial charge is 0.222 e. The minimum atomic E-state index is 0.954. The first-order valence-electron chi connectivity index (χ1n) is 2.86. The summed E-state index contributed by atoms with van der Waals surface area (Å²) in [7, 11) is 5.17. The van der Waals surface area contributed by atoms with E-state index in [0.29, 0.717) is 0 Å². The highest BCUT2D eigenvalue weighted by Crippen LogP contribution is 2.06. The number of rotatable bonds is 1. The molecule has 1 nitrogen and oxygen atoms in total. The highest BCUT2D eigenvalue weighted by molar-refractivity contribution is 6.15. The van der Waals surface area contributed by atoms with E-state index in [1.165, 1.54) is 5.56 Å². The van der Waals surface area contributed by atoms with Crippen molar-refractivity contribution in [3.05, 3.63) is 29.8 Å². The minimum absolute atomic E-state index is 0.954. The summed E-state index contributed by atoms with van der Waals surface area (Å²) in [5.74, 6) is 0. The van der Waals surface area contributed by atoms with Crippen molar-refractivity contribution < 1.29 is 0 Å². The number of hydrogen-bond donors (Lipinski definition) is 1.